The minimum atomic E-state index is -1.29. The lowest BCUT2D eigenvalue weighted by atomic mass is 9.96. The SMILES string of the molecule is CCCCOc1cc2c(nc1Cl)-c1cc(=O)c(C(=O)O)cn1C1(COC1)CO2. The van der Waals surface area contributed by atoms with Crippen molar-refractivity contribution in [2.45, 2.75) is 25.3 Å². The van der Waals surface area contributed by atoms with Gasteiger partial charge in [0.05, 0.1) is 25.5 Å². The summed E-state index contributed by atoms with van der Waals surface area (Å²) in [7, 11) is 0. The summed E-state index contributed by atoms with van der Waals surface area (Å²) in [6, 6.07) is 2.93. The zero-order valence-corrected chi connectivity index (χ0v) is 16.0. The van der Waals surface area contributed by atoms with Gasteiger partial charge in [0.25, 0.3) is 0 Å². The summed E-state index contributed by atoms with van der Waals surface area (Å²) in [5.74, 6) is -0.451. The van der Waals surface area contributed by atoms with Gasteiger partial charge in [0.15, 0.2) is 22.1 Å². The molecule has 1 fully saturated rings. The second-order valence-electron chi connectivity index (χ2n) is 6.94. The van der Waals surface area contributed by atoms with E-state index in [4.69, 9.17) is 25.8 Å². The lowest BCUT2D eigenvalue weighted by Crippen LogP contribution is -2.55. The number of hydrogen-bond acceptors (Lipinski definition) is 6. The molecular formula is C19H19ClN2O6. The number of aromatic carboxylic acids is 1. The van der Waals surface area contributed by atoms with Crippen LogP contribution in [0.15, 0.2) is 23.1 Å². The van der Waals surface area contributed by atoms with Crippen LogP contribution in [0.25, 0.3) is 11.4 Å². The standard InChI is InChI=1S/C19H19ClN2O6/c1-2-3-4-27-15-6-14-16(21-17(15)20)12-5-13(23)11(18(24)25)7-22(12)19(10-28-14)8-26-9-19/h5-7H,2-4,8-10H2,1H3,(H,24,25). The largest absolute Gasteiger partial charge is 0.490 e. The Morgan fingerprint density at radius 2 is 2.18 bits per heavy atom. The van der Waals surface area contributed by atoms with Gasteiger partial charge in [-0.05, 0) is 6.42 Å². The molecule has 1 saturated heterocycles. The molecule has 0 atom stereocenters. The molecule has 1 N–H and O–H groups in total. The van der Waals surface area contributed by atoms with Crippen molar-refractivity contribution in [1.29, 1.82) is 0 Å². The van der Waals surface area contributed by atoms with Crippen LogP contribution in [0, 0.1) is 0 Å². The summed E-state index contributed by atoms with van der Waals surface area (Å²) in [5, 5.41) is 9.50. The van der Waals surface area contributed by atoms with E-state index in [1.807, 2.05) is 0 Å². The lowest BCUT2D eigenvalue weighted by Gasteiger charge is -2.42. The van der Waals surface area contributed by atoms with Crippen molar-refractivity contribution >= 4 is 17.6 Å². The highest BCUT2D eigenvalue weighted by Gasteiger charge is 2.45. The van der Waals surface area contributed by atoms with E-state index < -0.39 is 16.9 Å². The maximum atomic E-state index is 12.3. The fraction of sp³-hybridized carbons (Fsp3) is 0.421. The number of hydrogen-bond donors (Lipinski definition) is 1. The number of aromatic nitrogens is 2. The molecule has 2 aliphatic rings. The molecule has 2 aliphatic heterocycles. The molecule has 28 heavy (non-hydrogen) atoms. The highest BCUT2D eigenvalue weighted by molar-refractivity contribution is 6.31. The predicted molar refractivity (Wildman–Crippen MR) is 101 cm³/mol. The molecule has 9 heteroatoms. The maximum absolute atomic E-state index is 12.3. The number of nitrogens with zero attached hydrogens (tertiary/aromatic N) is 2. The molecule has 0 bridgehead atoms. The van der Waals surface area contributed by atoms with Crippen molar-refractivity contribution in [3.63, 3.8) is 0 Å². The van der Waals surface area contributed by atoms with Gasteiger partial charge in [-0.25, -0.2) is 9.78 Å². The molecule has 4 heterocycles. The van der Waals surface area contributed by atoms with Crippen molar-refractivity contribution in [2.24, 2.45) is 0 Å². The Kier molecular flexibility index (Phi) is 4.76. The molecule has 0 unspecified atom stereocenters. The van der Waals surface area contributed by atoms with E-state index >= 15 is 0 Å². The van der Waals surface area contributed by atoms with Crippen LogP contribution in [0.5, 0.6) is 11.5 Å². The first-order valence-corrected chi connectivity index (χ1v) is 9.38. The minimum Gasteiger partial charge on any atom is -0.490 e. The number of rotatable bonds is 5. The van der Waals surface area contributed by atoms with Gasteiger partial charge in [-0.3, -0.25) is 4.79 Å². The van der Waals surface area contributed by atoms with E-state index in [9.17, 15) is 14.7 Å². The van der Waals surface area contributed by atoms with Gasteiger partial charge in [0, 0.05) is 18.3 Å². The first kappa shape index (κ1) is 18.8. The summed E-state index contributed by atoms with van der Waals surface area (Å²) in [6.07, 6.45) is 3.20. The Morgan fingerprint density at radius 1 is 1.39 bits per heavy atom. The summed E-state index contributed by atoms with van der Waals surface area (Å²) in [6.45, 7) is 3.48. The summed E-state index contributed by atoms with van der Waals surface area (Å²) in [4.78, 5) is 28.2. The van der Waals surface area contributed by atoms with E-state index in [1.54, 1.807) is 10.6 Å². The zero-order valence-electron chi connectivity index (χ0n) is 15.2. The topological polar surface area (TPSA) is 99.9 Å². The van der Waals surface area contributed by atoms with Crippen molar-refractivity contribution in [3.8, 4) is 22.9 Å². The van der Waals surface area contributed by atoms with Crippen LogP contribution in [-0.2, 0) is 10.3 Å². The lowest BCUT2D eigenvalue weighted by molar-refractivity contribution is -0.117. The van der Waals surface area contributed by atoms with Gasteiger partial charge in [-0.2, -0.15) is 0 Å². The van der Waals surface area contributed by atoms with Crippen molar-refractivity contribution in [1.82, 2.24) is 9.55 Å². The molecule has 0 radical (unpaired) electrons. The van der Waals surface area contributed by atoms with Gasteiger partial charge < -0.3 is 23.9 Å². The normalized spacial score (nSPS) is 16.4. The third-order valence-corrected chi connectivity index (χ3v) is 5.21. The number of pyridine rings is 2. The van der Waals surface area contributed by atoms with Crippen LogP contribution in [0.3, 0.4) is 0 Å². The molecule has 4 rings (SSSR count). The first-order valence-electron chi connectivity index (χ1n) is 9.00. The van der Waals surface area contributed by atoms with Crippen molar-refractivity contribution in [3.05, 3.63) is 39.3 Å². The van der Waals surface area contributed by atoms with Crippen LogP contribution in [-0.4, -0.2) is 47.1 Å². The van der Waals surface area contributed by atoms with Crippen LogP contribution < -0.4 is 14.9 Å². The molecule has 0 aliphatic carbocycles. The number of unbranched alkanes of at least 4 members (excludes halogenated alkanes) is 1. The molecular weight excluding hydrogens is 388 g/mol. The molecule has 0 amide bonds. The van der Waals surface area contributed by atoms with Gasteiger partial charge >= 0.3 is 5.97 Å². The highest BCUT2D eigenvalue weighted by Crippen LogP contribution is 2.42. The number of carboxylic acids is 1. The molecule has 1 spiro atoms. The maximum Gasteiger partial charge on any atom is 0.341 e. The summed E-state index contributed by atoms with van der Waals surface area (Å²) < 4.78 is 18.8. The Bertz CT molecular complexity index is 999. The fourth-order valence-electron chi connectivity index (χ4n) is 3.29. The van der Waals surface area contributed by atoms with Crippen molar-refractivity contribution < 1.29 is 24.1 Å². The first-order chi connectivity index (χ1) is 13.4. The highest BCUT2D eigenvalue weighted by atomic mass is 35.5. The molecule has 0 aromatic carbocycles. The quantitative estimate of drug-likeness (QED) is 0.601. The number of carboxylic acid groups (broad SMARTS) is 1. The van der Waals surface area contributed by atoms with Crippen LogP contribution in [0.1, 0.15) is 30.1 Å². The Morgan fingerprint density at radius 3 is 2.82 bits per heavy atom. The number of fused-ring (bicyclic) bond motifs is 4. The second-order valence-corrected chi connectivity index (χ2v) is 7.30. The van der Waals surface area contributed by atoms with Crippen LogP contribution in [0.2, 0.25) is 5.15 Å². The Hall–Kier alpha value is -2.58. The Labute approximate surface area is 165 Å². The number of halogens is 1. The van der Waals surface area contributed by atoms with Gasteiger partial charge in [0.2, 0.25) is 0 Å². The fourth-order valence-corrected chi connectivity index (χ4v) is 3.48. The smallest absolute Gasteiger partial charge is 0.341 e. The number of carbonyl (C=O) groups is 1. The summed E-state index contributed by atoms with van der Waals surface area (Å²) >= 11 is 6.30. The summed E-state index contributed by atoms with van der Waals surface area (Å²) in [5.41, 5.74) is -0.727. The van der Waals surface area contributed by atoms with Crippen molar-refractivity contribution in [2.75, 3.05) is 26.4 Å². The number of ether oxygens (including phenoxy) is 3. The van der Waals surface area contributed by atoms with E-state index in [2.05, 4.69) is 11.9 Å². The van der Waals surface area contributed by atoms with E-state index in [0.717, 1.165) is 12.8 Å². The second kappa shape index (κ2) is 7.10. The molecule has 8 nitrogen and oxygen atoms in total. The minimum absolute atomic E-state index is 0.153. The van der Waals surface area contributed by atoms with Gasteiger partial charge in [-0.15, -0.1) is 0 Å². The predicted octanol–water partition coefficient (Wildman–Crippen LogP) is 2.56. The van der Waals surface area contributed by atoms with E-state index in [-0.39, 0.29) is 17.3 Å². The average molecular weight is 407 g/mol. The molecule has 2 aromatic heterocycles. The monoisotopic (exact) mass is 406 g/mol. The van der Waals surface area contributed by atoms with Crippen LogP contribution >= 0.6 is 11.6 Å². The van der Waals surface area contributed by atoms with E-state index in [0.29, 0.717) is 42.7 Å². The molecule has 148 valence electrons. The molecule has 0 saturated carbocycles. The van der Waals surface area contributed by atoms with Gasteiger partial charge in [0.1, 0.15) is 23.4 Å². The van der Waals surface area contributed by atoms with Crippen LogP contribution in [0.4, 0.5) is 0 Å². The average Bonchev–Trinajstić information content (AvgIpc) is 2.75. The molecule has 2 aromatic rings. The third kappa shape index (κ3) is 3.02. The Balaban J connectivity index is 1.86. The third-order valence-electron chi connectivity index (χ3n) is 4.94. The van der Waals surface area contributed by atoms with E-state index in [1.165, 1.54) is 12.3 Å². The zero-order chi connectivity index (χ0) is 19.9. The van der Waals surface area contributed by atoms with Gasteiger partial charge in [-0.1, -0.05) is 24.9 Å².